The molecule has 0 heterocycles. The van der Waals surface area contributed by atoms with Crippen molar-refractivity contribution >= 4 is 5.91 Å². The number of aryl methyl sites for hydroxylation is 2. The van der Waals surface area contributed by atoms with Crippen LogP contribution < -0.4 is 5.73 Å². The number of hydrogen-bond acceptors (Lipinski definition) is 2. The zero-order valence-electron chi connectivity index (χ0n) is 11.0. The zero-order chi connectivity index (χ0) is 12.8. The summed E-state index contributed by atoms with van der Waals surface area (Å²) in [6, 6.07) is 6.44. The molecule has 0 aromatic heterocycles. The van der Waals surface area contributed by atoms with Crippen molar-refractivity contribution < 1.29 is 4.79 Å². The van der Waals surface area contributed by atoms with Gasteiger partial charge in [-0.25, -0.2) is 0 Å². The molecule has 0 radical (unpaired) electrons. The smallest absolute Gasteiger partial charge is 0.223 e. The Balaban J connectivity index is 2.52. The summed E-state index contributed by atoms with van der Waals surface area (Å²) in [6.45, 7) is 5.38. The predicted molar refractivity (Wildman–Crippen MR) is 70.9 cm³/mol. The van der Waals surface area contributed by atoms with Crippen LogP contribution in [-0.4, -0.2) is 30.9 Å². The minimum Gasteiger partial charge on any atom is -0.345 e. The Hall–Kier alpha value is -1.35. The van der Waals surface area contributed by atoms with Crippen LogP contribution in [0.1, 0.15) is 23.1 Å². The van der Waals surface area contributed by atoms with Crippen molar-refractivity contribution in [1.29, 1.82) is 0 Å². The van der Waals surface area contributed by atoms with Gasteiger partial charge < -0.3 is 10.6 Å². The Labute approximate surface area is 104 Å². The first-order chi connectivity index (χ1) is 8.04. The topological polar surface area (TPSA) is 46.3 Å². The van der Waals surface area contributed by atoms with Crippen molar-refractivity contribution in [2.24, 2.45) is 5.73 Å². The van der Waals surface area contributed by atoms with Crippen LogP contribution in [0.2, 0.25) is 0 Å². The highest BCUT2D eigenvalue weighted by Gasteiger charge is 2.07. The van der Waals surface area contributed by atoms with E-state index in [0.717, 1.165) is 13.0 Å². The van der Waals surface area contributed by atoms with Crippen LogP contribution in [0.25, 0.3) is 0 Å². The molecule has 17 heavy (non-hydrogen) atoms. The van der Waals surface area contributed by atoms with Crippen LogP contribution in [-0.2, 0) is 11.2 Å². The molecule has 0 spiro atoms. The number of carbonyl (C=O) groups excluding carboxylic acids is 1. The second-order valence-electron chi connectivity index (χ2n) is 4.53. The van der Waals surface area contributed by atoms with Gasteiger partial charge in [-0.3, -0.25) is 4.79 Å². The van der Waals surface area contributed by atoms with Gasteiger partial charge in [-0.2, -0.15) is 0 Å². The number of benzene rings is 1. The first kappa shape index (κ1) is 13.7. The van der Waals surface area contributed by atoms with Gasteiger partial charge in [-0.1, -0.05) is 23.8 Å². The fraction of sp³-hybridized carbons (Fsp3) is 0.500. The van der Waals surface area contributed by atoms with Crippen molar-refractivity contribution in [3.8, 4) is 0 Å². The van der Waals surface area contributed by atoms with Crippen LogP contribution in [0.5, 0.6) is 0 Å². The molecule has 3 heteroatoms. The number of amides is 1. The van der Waals surface area contributed by atoms with Gasteiger partial charge >= 0.3 is 0 Å². The third kappa shape index (κ3) is 4.19. The maximum Gasteiger partial charge on any atom is 0.223 e. The van der Waals surface area contributed by atoms with Gasteiger partial charge in [0.2, 0.25) is 5.91 Å². The highest BCUT2D eigenvalue weighted by molar-refractivity contribution is 5.76. The minimum atomic E-state index is 0.122. The largest absolute Gasteiger partial charge is 0.345 e. The number of carbonyl (C=O) groups is 1. The molecule has 0 aliphatic rings. The number of likely N-dealkylation sites (N-methyl/N-ethyl adjacent to an activating group) is 1. The lowest BCUT2D eigenvalue weighted by Gasteiger charge is -2.17. The van der Waals surface area contributed by atoms with Crippen molar-refractivity contribution in [1.82, 2.24) is 4.90 Å². The van der Waals surface area contributed by atoms with Crippen molar-refractivity contribution in [3.63, 3.8) is 0 Å². The Bertz CT molecular complexity index is 388. The van der Waals surface area contributed by atoms with E-state index in [-0.39, 0.29) is 5.91 Å². The fourth-order valence-corrected chi connectivity index (χ4v) is 1.85. The van der Waals surface area contributed by atoms with E-state index in [9.17, 15) is 4.79 Å². The molecule has 1 amide bonds. The standard InChI is InChI=1S/C14H22N2O/c1-11-4-5-13(12(2)10-11)7-9-16(3)14(17)6-8-15/h4-5,10H,6-9,15H2,1-3H3. The molecule has 0 aliphatic carbocycles. The molecule has 94 valence electrons. The van der Waals surface area contributed by atoms with E-state index >= 15 is 0 Å². The summed E-state index contributed by atoms with van der Waals surface area (Å²) in [5, 5.41) is 0. The Morgan fingerprint density at radius 2 is 2.06 bits per heavy atom. The van der Waals surface area contributed by atoms with E-state index in [1.807, 2.05) is 7.05 Å². The normalized spacial score (nSPS) is 10.4. The third-order valence-electron chi connectivity index (χ3n) is 3.00. The first-order valence-corrected chi connectivity index (χ1v) is 6.04. The van der Waals surface area contributed by atoms with E-state index in [2.05, 4.69) is 32.0 Å². The molecule has 1 aromatic rings. The molecular formula is C14H22N2O. The third-order valence-corrected chi connectivity index (χ3v) is 3.00. The molecule has 0 bridgehead atoms. The number of hydrogen-bond donors (Lipinski definition) is 1. The summed E-state index contributed by atoms with van der Waals surface area (Å²) in [6.07, 6.45) is 1.34. The molecule has 1 rings (SSSR count). The number of nitrogens with two attached hydrogens (primary N) is 1. The molecule has 0 saturated heterocycles. The molecular weight excluding hydrogens is 212 g/mol. The van der Waals surface area contributed by atoms with Gasteiger partial charge in [0.1, 0.15) is 0 Å². The minimum absolute atomic E-state index is 0.122. The maximum atomic E-state index is 11.5. The summed E-state index contributed by atoms with van der Waals surface area (Å²) in [4.78, 5) is 13.3. The highest BCUT2D eigenvalue weighted by Crippen LogP contribution is 2.11. The lowest BCUT2D eigenvalue weighted by molar-refractivity contribution is -0.129. The Morgan fingerprint density at radius 1 is 1.35 bits per heavy atom. The molecule has 0 saturated carbocycles. The monoisotopic (exact) mass is 234 g/mol. The van der Waals surface area contributed by atoms with Crippen LogP contribution in [0.4, 0.5) is 0 Å². The summed E-state index contributed by atoms with van der Waals surface area (Å²) < 4.78 is 0. The second kappa shape index (κ2) is 6.40. The zero-order valence-corrected chi connectivity index (χ0v) is 11.0. The lowest BCUT2D eigenvalue weighted by atomic mass is 10.0. The van der Waals surface area contributed by atoms with Crippen LogP contribution in [0.15, 0.2) is 18.2 Å². The van der Waals surface area contributed by atoms with Crippen LogP contribution >= 0.6 is 0 Å². The maximum absolute atomic E-state index is 11.5. The van der Waals surface area contributed by atoms with Gasteiger partial charge in [0.25, 0.3) is 0 Å². The fourth-order valence-electron chi connectivity index (χ4n) is 1.85. The molecule has 1 aromatic carbocycles. The first-order valence-electron chi connectivity index (χ1n) is 6.04. The van der Waals surface area contributed by atoms with Crippen molar-refractivity contribution in [3.05, 3.63) is 34.9 Å². The number of rotatable bonds is 5. The SMILES string of the molecule is Cc1ccc(CCN(C)C(=O)CCN)c(C)c1. The van der Waals surface area contributed by atoms with Gasteiger partial charge in [0.15, 0.2) is 0 Å². The number of nitrogens with zero attached hydrogens (tertiary/aromatic N) is 1. The highest BCUT2D eigenvalue weighted by atomic mass is 16.2. The summed E-state index contributed by atoms with van der Waals surface area (Å²) >= 11 is 0. The molecule has 0 atom stereocenters. The van der Waals surface area contributed by atoms with E-state index < -0.39 is 0 Å². The molecule has 2 N–H and O–H groups in total. The predicted octanol–water partition coefficient (Wildman–Crippen LogP) is 1.65. The second-order valence-corrected chi connectivity index (χ2v) is 4.53. The molecule has 0 fully saturated rings. The van der Waals surface area contributed by atoms with Gasteiger partial charge in [0, 0.05) is 26.6 Å². The Morgan fingerprint density at radius 3 is 2.65 bits per heavy atom. The van der Waals surface area contributed by atoms with E-state index in [4.69, 9.17) is 5.73 Å². The quantitative estimate of drug-likeness (QED) is 0.842. The van der Waals surface area contributed by atoms with Crippen molar-refractivity contribution in [2.45, 2.75) is 26.7 Å². The summed E-state index contributed by atoms with van der Waals surface area (Å²) in [5.41, 5.74) is 9.25. The molecule has 0 aliphatic heterocycles. The van der Waals surface area contributed by atoms with Gasteiger partial charge in [0.05, 0.1) is 0 Å². The van der Waals surface area contributed by atoms with E-state index in [1.54, 1.807) is 4.90 Å². The van der Waals surface area contributed by atoms with E-state index in [0.29, 0.717) is 13.0 Å². The summed E-state index contributed by atoms with van der Waals surface area (Å²) in [5.74, 6) is 0.122. The van der Waals surface area contributed by atoms with E-state index in [1.165, 1.54) is 16.7 Å². The molecule has 0 unspecified atom stereocenters. The van der Waals surface area contributed by atoms with Gasteiger partial charge in [-0.05, 0) is 31.4 Å². The average molecular weight is 234 g/mol. The van der Waals surface area contributed by atoms with Crippen LogP contribution in [0, 0.1) is 13.8 Å². The Kier molecular flexibility index (Phi) is 5.16. The van der Waals surface area contributed by atoms with Crippen LogP contribution in [0.3, 0.4) is 0 Å². The summed E-state index contributed by atoms with van der Waals surface area (Å²) in [7, 11) is 1.83. The van der Waals surface area contributed by atoms with Gasteiger partial charge in [-0.15, -0.1) is 0 Å². The average Bonchev–Trinajstić information content (AvgIpc) is 2.27. The van der Waals surface area contributed by atoms with Crippen molar-refractivity contribution in [2.75, 3.05) is 20.1 Å². The lowest BCUT2D eigenvalue weighted by Crippen LogP contribution is -2.30. The molecule has 3 nitrogen and oxygen atoms in total.